The van der Waals surface area contributed by atoms with Gasteiger partial charge < -0.3 is 9.67 Å². The summed E-state index contributed by atoms with van der Waals surface area (Å²) in [6.45, 7) is 0.569. The summed E-state index contributed by atoms with van der Waals surface area (Å²) in [5.41, 5.74) is 2.77. The quantitative estimate of drug-likeness (QED) is 0.798. The molecule has 0 bridgehead atoms. The van der Waals surface area contributed by atoms with Gasteiger partial charge in [0.1, 0.15) is 0 Å². The molecule has 0 saturated carbocycles. The van der Waals surface area contributed by atoms with Crippen molar-refractivity contribution in [3.8, 4) is 6.07 Å². The fourth-order valence-corrected chi connectivity index (χ4v) is 2.39. The number of aromatic carboxylic acids is 1. The third-order valence-corrected chi connectivity index (χ3v) is 3.43. The van der Waals surface area contributed by atoms with E-state index in [2.05, 4.69) is 6.07 Å². The summed E-state index contributed by atoms with van der Waals surface area (Å²) in [5, 5.41) is 19.1. The molecule has 0 aliphatic heterocycles. The highest BCUT2D eigenvalue weighted by Crippen LogP contribution is 2.19. The molecule has 102 valence electrons. The smallest absolute Gasteiger partial charge is 0.335 e. The van der Waals surface area contributed by atoms with E-state index in [0.717, 1.165) is 16.5 Å². The topological polar surface area (TPSA) is 66.0 Å². The van der Waals surface area contributed by atoms with Gasteiger partial charge in [0.15, 0.2) is 0 Å². The lowest BCUT2D eigenvalue weighted by molar-refractivity contribution is 0.0696. The van der Waals surface area contributed by atoms with E-state index in [1.165, 1.54) is 0 Å². The van der Waals surface area contributed by atoms with Crippen LogP contribution in [0.25, 0.3) is 10.9 Å². The molecule has 0 aliphatic rings. The number of nitriles is 1. The first-order valence-electron chi connectivity index (χ1n) is 6.48. The third kappa shape index (κ3) is 2.49. The summed E-state index contributed by atoms with van der Waals surface area (Å²) >= 11 is 0. The second-order valence-corrected chi connectivity index (χ2v) is 4.83. The van der Waals surface area contributed by atoms with Crippen LogP contribution in [0, 0.1) is 11.3 Å². The molecule has 0 radical (unpaired) electrons. The van der Waals surface area contributed by atoms with Crippen molar-refractivity contribution in [1.82, 2.24) is 4.57 Å². The number of rotatable bonds is 3. The van der Waals surface area contributed by atoms with E-state index < -0.39 is 5.97 Å². The maximum absolute atomic E-state index is 11.0. The van der Waals surface area contributed by atoms with E-state index in [1.54, 1.807) is 24.3 Å². The SMILES string of the molecule is N#Cc1ccc2ccn(Cc3cccc(C(=O)O)c3)c2c1. The zero-order valence-corrected chi connectivity index (χ0v) is 11.2. The van der Waals surface area contributed by atoms with Crippen molar-refractivity contribution in [1.29, 1.82) is 5.26 Å². The van der Waals surface area contributed by atoms with Crippen LogP contribution < -0.4 is 0 Å². The Morgan fingerprint density at radius 2 is 2.05 bits per heavy atom. The van der Waals surface area contributed by atoms with Gasteiger partial charge >= 0.3 is 5.97 Å². The van der Waals surface area contributed by atoms with Crippen LogP contribution in [-0.4, -0.2) is 15.6 Å². The van der Waals surface area contributed by atoms with Crippen molar-refractivity contribution >= 4 is 16.9 Å². The van der Waals surface area contributed by atoms with Crippen LogP contribution in [0.4, 0.5) is 0 Å². The summed E-state index contributed by atoms with van der Waals surface area (Å²) < 4.78 is 2.01. The Morgan fingerprint density at radius 1 is 1.19 bits per heavy atom. The summed E-state index contributed by atoms with van der Waals surface area (Å²) in [7, 11) is 0. The molecule has 2 aromatic carbocycles. The predicted octanol–water partition coefficient (Wildman–Crippen LogP) is 3.26. The van der Waals surface area contributed by atoms with Gasteiger partial charge in [0.05, 0.1) is 17.2 Å². The average Bonchev–Trinajstić information content (AvgIpc) is 2.89. The van der Waals surface area contributed by atoms with E-state index in [1.807, 2.05) is 35.0 Å². The molecule has 3 aromatic rings. The van der Waals surface area contributed by atoms with Crippen molar-refractivity contribution in [2.45, 2.75) is 6.54 Å². The minimum absolute atomic E-state index is 0.279. The lowest BCUT2D eigenvalue weighted by Gasteiger charge is -2.07. The Bertz CT molecular complexity index is 872. The van der Waals surface area contributed by atoms with Crippen LogP contribution in [0.2, 0.25) is 0 Å². The molecule has 0 atom stereocenters. The van der Waals surface area contributed by atoms with Crippen molar-refractivity contribution in [3.63, 3.8) is 0 Å². The van der Waals surface area contributed by atoms with Gasteiger partial charge in [0.2, 0.25) is 0 Å². The average molecular weight is 276 g/mol. The number of carboxylic acid groups (broad SMARTS) is 1. The van der Waals surface area contributed by atoms with Gasteiger partial charge in [-0.05, 0) is 41.3 Å². The fraction of sp³-hybridized carbons (Fsp3) is 0.0588. The Morgan fingerprint density at radius 3 is 2.81 bits per heavy atom. The molecular weight excluding hydrogens is 264 g/mol. The van der Waals surface area contributed by atoms with E-state index in [-0.39, 0.29) is 5.56 Å². The zero-order chi connectivity index (χ0) is 14.8. The Kier molecular flexibility index (Phi) is 3.17. The number of hydrogen-bond acceptors (Lipinski definition) is 2. The molecule has 0 aliphatic carbocycles. The van der Waals surface area contributed by atoms with Crippen molar-refractivity contribution in [2.75, 3.05) is 0 Å². The van der Waals surface area contributed by atoms with Gasteiger partial charge in [-0.25, -0.2) is 4.79 Å². The summed E-state index contributed by atoms with van der Waals surface area (Å²) in [6, 6.07) is 16.5. The van der Waals surface area contributed by atoms with Crippen molar-refractivity contribution in [2.24, 2.45) is 0 Å². The van der Waals surface area contributed by atoms with E-state index in [4.69, 9.17) is 10.4 Å². The first-order chi connectivity index (χ1) is 10.2. The van der Waals surface area contributed by atoms with Gasteiger partial charge in [-0.1, -0.05) is 18.2 Å². The molecule has 4 nitrogen and oxygen atoms in total. The van der Waals surface area contributed by atoms with Crippen LogP contribution in [-0.2, 0) is 6.54 Å². The molecule has 1 N–H and O–H groups in total. The molecule has 21 heavy (non-hydrogen) atoms. The van der Waals surface area contributed by atoms with Gasteiger partial charge in [0.25, 0.3) is 0 Å². The van der Waals surface area contributed by atoms with Crippen LogP contribution in [0.3, 0.4) is 0 Å². The maximum atomic E-state index is 11.0. The van der Waals surface area contributed by atoms with Gasteiger partial charge in [0, 0.05) is 18.3 Å². The predicted molar refractivity (Wildman–Crippen MR) is 79.2 cm³/mol. The number of carbonyl (C=O) groups is 1. The van der Waals surface area contributed by atoms with Crippen molar-refractivity contribution < 1.29 is 9.90 Å². The molecule has 4 heteroatoms. The molecule has 0 fully saturated rings. The normalized spacial score (nSPS) is 10.4. The third-order valence-electron chi connectivity index (χ3n) is 3.43. The van der Waals surface area contributed by atoms with Crippen LogP contribution in [0.5, 0.6) is 0 Å². The maximum Gasteiger partial charge on any atom is 0.335 e. The zero-order valence-electron chi connectivity index (χ0n) is 11.2. The van der Waals surface area contributed by atoms with Gasteiger partial charge in [-0.15, -0.1) is 0 Å². The number of fused-ring (bicyclic) bond motifs is 1. The van der Waals surface area contributed by atoms with E-state index in [9.17, 15) is 4.79 Å². The fourth-order valence-electron chi connectivity index (χ4n) is 2.39. The summed E-state index contributed by atoms with van der Waals surface area (Å²) in [4.78, 5) is 11.0. The highest BCUT2D eigenvalue weighted by molar-refractivity contribution is 5.87. The standard InChI is InChI=1S/C17H12N2O2/c18-10-12-4-5-14-6-7-19(16(14)9-12)11-13-2-1-3-15(8-13)17(20)21/h1-9H,11H2,(H,20,21). The Hall–Kier alpha value is -3.06. The Labute approximate surface area is 121 Å². The number of aromatic nitrogens is 1. The second kappa shape index (κ2) is 5.14. The lowest BCUT2D eigenvalue weighted by Crippen LogP contribution is -2.01. The molecule has 0 unspecified atom stereocenters. The number of hydrogen-bond donors (Lipinski definition) is 1. The largest absolute Gasteiger partial charge is 0.478 e. The second-order valence-electron chi connectivity index (χ2n) is 4.83. The number of benzene rings is 2. The van der Waals surface area contributed by atoms with Crippen molar-refractivity contribution in [3.05, 3.63) is 71.4 Å². The Balaban J connectivity index is 2.00. The number of carboxylic acids is 1. The first kappa shape index (κ1) is 12.9. The van der Waals surface area contributed by atoms with Crippen LogP contribution in [0.1, 0.15) is 21.5 Å². The van der Waals surface area contributed by atoms with E-state index in [0.29, 0.717) is 12.1 Å². The molecular formula is C17H12N2O2. The molecule has 0 saturated heterocycles. The summed E-state index contributed by atoms with van der Waals surface area (Å²) in [5.74, 6) is -0.930. The highest BCUT2D eigenvalue weighted by atomic mass is 16.4. The van der Waals surface area contributed by atoms with Crippen LogP contribution >= 0.6 is 0 Å². The minimum Gasteiger partial charge on any atom is -0.478 e. The molecule has 0 amide bonds. The highest BCUT2D eigenvalue weighted by Gasteiger charge is 2.06. The van der Waals surface area contributed by atoms with Gasteiger partial charge in [-0.2, -0.15) is 5.26 Å². The molecule has 1 aromatic heterocycles. The summed E-state index contributed by atoms with van der Waals surface area (Å²) in [6.07, 6.45) is 1.94. The van der Waals surface area contributed by atoms with E-state index >= 15 is 0 Å². The monoisotopic (exact) mass is 276 g/mol. The van der Waals surface area contributed by atoms with Crippen LogP contribution in [0.15, 0.2) is 54.7 Å². The number of nitrogens with zero attached hydrogens (tertiary/aromatic N) is 2. The molecule has 3 rings (SSSR count). The van der Waals surface area contributed by atoms with Gasteiger partial charge in [-0.3, -0.25) is 0 Å². The molecule has 0 spiro atoms. The first-order valence-corrected chi connectivity index (χ1v) is 6.48. The molecule has 1 heterocycles. The lowest BCUT2D eigenvalue weighted by atomic mass is 10.1. The minimum atomic E-state index is -0.930.